The van der Waals surface area contributed by atoms with Crippen LogP contribution < -0.4 is 0 Å². The van der Waals surface area contributed by atoms with Crippen LogP contribution in [0.1, 0.15) is 60.9 Å². The molecular weight excluding hydrogens is 448 g/mol. The monoisotopic (exact) mass is 484 g/mol. The van der Waals surface area contributed by atoms with E-state index < -0.39 is 10.0 Å². The van der Waals surface area contributed by atoms with Crippen LogP contribution >= 0.6 is 0 Å². The number of carbonyl (C=O) groups is 1. The number of sulfonamides is 1. The standard InChI is InChI=1S/C27H36N2O4S/c1-28(25-10-6-3-7-11-25)34(31,32)26-14-12-24(13-15-26)27(30)29-18-16-23(17-19-29)21-33-20-22-8-4-2-5-9-22/h2,4-5,8-9,12-15,23,25H,3,6-7,10-11,16-21H2,1H3. The minimum atomic E-state index is -3.55. The highest BCUT2D eigenvalue weighted by molar-refractivity contribution is 7.89. The number of ether oxygens (including phenoxy) is 1. The molecule has 1 aliphatic carbocycles. The molecule has 0 atom stereocenters. The zero-order chi connectivity index (χ0) is 24.0. The van der Waals surface area contributed by atoms with Crippen molar-refractivity contribution < 1.29 is 17.9 Å². The van der Waals surface area contributed by atoms with Gasteiger partial charge in [-0.1, -0.05) is 49.6 Å². The van der Waals surface area contributed by atoms with E-state index in [0.717, 1.165) is 38.5 Å². The van der Waals surface area contributed by atoms with Gasteiger partial charge < -0.3 is 9.64 Å². The Morgan fingerprint density at radius 2 is 1.59 bits per heavy atom. The van der Waals surface area contributed by atoms with E-state index in [1.807, 2.05) is 23.1 Å². The Bertz CT molecular complexity index is 1030. The lowest BCUT2D eigenvalue weighted by molar-refractivity contribution is 0.0478. The lowest BCUT2D eigenvalue weighted by atomic mass is 9.96. The van der Waals surface area contributed by atoms with E-state index in [4.69, 9.17) is 4.74 Å². The van der Waals surface area contributed by atoms with E-state index >= 15 is 0 Å². The molecule has 7 heteroatoms. The minimum absolute atomic E-state index is 0.0340. The number of benzene rings is 2. The first-order valence-electron chi connectivity index (χ1n) is 12.4. The van der Waals surface area contributed by atoms with Gasteiger partial charge in [-0.15, -0.1) is 0 Å². The van der Waals surface area contributed by atoms with E-state index in [-0.39, 0.29) is 16.8 Å². The summed E-state index contributed by atoms with van der Waals surface area (Å²) in [7, 11) is -1.87. The normalized spacial score (nSPS) is 18.4. The highest BCUT2D eigenvalue weighted by atomic mass is 32.2. The van der Waals surface area contributed by atoms with Gasteiger partial charge in [-0.2, -0.15) is 4.31 Å². The van der Waals surface area contributed by atoms with Crippen LogP contribution in [0.15, 0.2) is 59.5 Å². The topological polar surface area (TPSA) is 66.9 Å². The molecule has 184 valence electrons. The molecule has 0 radical (unpaired) electrons. The zero-order valence-corrected chi connectivity index (χ0v) is 20.9. The third-order valence-corrected chi connectivity index (χ3v) is 9.16. The summed E-state index contributed by atoms with van der Waals surface area (Å²) in [4.78, 5) is 15.1. The number of amides is 1. The third-order valence-electron chi connectivity index (χ3n) is 7.23. The van der Waals surface area contributed by atoms with Crippen molar-refractivity contribution in [2.24, 2.45) is 5.92 Å². The molecule has 0 spiro atoms. The maximum Gasteiger partial charge on any atom is 0.253 e. The van der Waals surface area contributed by atoms with Crippen LogP contribution in [0.4, 0.5) is 0 Å². The Labute approximate surface area is 204 Å². The fourth-order valence-corrected chi connectivity index (χ4v) is 6.40. The Morgan fingerprint density at radius 1 is 0.941 bits per heavy atom. The first-order chi connectivity index (χ1) is 16.4. The van der Waals surface area contributed by atoms with Crippen LogP contribution in [0.2, 0.25) is 0 Å². The van der Waals surface area contributed by atoms with Gasteiger partial charge in [0.25, 0.3) is 5.91 Å². The molecule has 2 fully saturated rings. The molecule has 0 unspecified atom stereocenters. The SMILES string of the molecule is CN(C1CCCCC1)S(=O)(=O)c1ccc(C(=O)N2CCC(COCc3ccccc3)CC2)cc1. The zero-order valence-electron chi connectivity index (χ0n) is 20.1. The highest BCUT2D eigenvalue weighted by Crippen LogP contribution is 2.27. The van der Waals surface area contributed by atoms with Gasteiger partial charge in [0.15, 0.2) is 0 Å². The van der Waals surface area contributed by atoms with Gasteiger partial charge in [0, 0.05) is 38.3 Å². The molecule has 1 heterocycles. The molecule has 34 heavy (non-hydrogen) atoms. The fourth-order valence-electron chi connectivity index (χ4n) is 4.98. The van der Waals surface area contributed by atoms with Crippen molar-refractivity contribution in [3.63, 3.8) is 0 Å². The fraction of sp³-hybridized carbons (Fsp3) is 0.519. The van der Waals surface area contributed by atoms with Gasteiger partial charge in [0.2, 0.25) is 10.0 Å². The molecule has 0 N–H and O–H groups in total. The van der Waals surface area contributed by atoms with Crippen LogP contribution in [0.25, 0.3) is 0 Å². The van der Waals surface area contributed by atoms with Gasteiger partial charge in [0.1, 0.15) is 0 Å². The molecule has 1 saturated heterocycles. The number of carbonyl (C=O) groups excluding carboxylic acids is 1. The molecule has 6 nitrogen and oxygen atoms in total. The predicted molar refractivity (Wildman–Crippen MR) is 133 cm³/mol. The number of nitrogens with zero attached hydrogens (tertiary/aromatic N) is 2. The molecule has 4 rings (SSSR count). The lowest BCUT2D eigenvalue weighted by Crippen LogP contribution is -2.39. The third kappa shape index (κ3) is 6.06. The van der Waals surface area contributed by atoms with Crippen LogP contribution in [-0.4, -0.2) is 56.3 Å². The van der Waals surface area contributed by atoms with Crippen molar-refractivity contribution in [3.8, 4) is 0 Å². The van der Waals surface area contributed by atoms with Gasteiger partial charge in [-0.3, -0.25) is 4.79 Å². The summed E-state index contributed by atoms with van der Waals surface area (Å²) < 4.78 is 33.5. The van der Waals surface area contributed by atoms with Crippen molar-refractivity contribution in [2.75, 3.05) is 26.7 Å². The maximum absolute atomic E-state index is 13.0. The summed E-state index contributed by atoms with van der Waals surface area (Å²) in [5.74, 6) is 0.420. The van der Waals surface area contributed by atoms with Gasteiger partial charge in [-0.05, 0) is 61.4 Å². The first-order valence-corrected chi connectivity index (χ1v) is 13.9. The van der Waals surface area contributed by atoms with Crippen LogP contribution in [0, 0.1) is 5.92 Å². The van der Waals surface area contributed by atoms with E-state index in [1.165, 1.54) is 16.3 Å². The van der Waals surface area contributed by atoms with Crippen LogP contribution in [0.3, 0.4) is 0 Å². The van der Waals surface area contributed by atoms with E-state index in [1.54, 1.807) is 31.3 Å². The highest BCUT2D eigenvalue weighted by Gasteiger charge is 2.29. The molecule has 0 bridgehead atoms. The van der Waals surface area contributed by atoms with E-state index in [9.17, 15) is 13.2 Å². The molecule has 1 aliphatic heterocycles. The van der Waals surface area contributed by atoms with Crippen molar-refractivity contribution >= 4 is 15.9 Å². The van der Waals surface area contributed by atoms with Crippen molar-refractivity contribution in [1.82, 2.24) is 9.21 Å². The number of piperidine rings is 1. The first kappa shape index (κ1) is 24.9. The second kappa shape index (κ2) is 11.5. The van der Waals surface area contributed by atoms with E-state index in [0.29, 0.717) is 37.8 Å². The number of rotatable bonds is 8. The van der Waals surface area contributed by atoms with Crippen molar-refractivity contribution in [1.29, 1.82) is 0 Å². The average molecular weight is 485 g/mol. The number of likely N-dealkylation sites (tertiary alicyclic amines) is 1. The summed E-state index contributed by atoms with van der Waals surface area (Å²) in [6.45, 7) is 2.72. The molecular formula is C27H36N2O4S. The number of hydrogen-bond donors (Lipinski definition) is 0. The molecule has 2 aromatic carbocycles. The Hall–Kier alpha value is -2.22. The predicted octanol–water partition coefficient (Wildman–Crippen LogP) is 4.71. The van der Waals surface area contributed by atoms with Crippen molar-refractivity contribution in [3.05, 3.63) is 65.7 Å². The van der Waals surface area contributed by atoms with Gasteiger partial charge in [-0.25, -0.2) is 8.42 Å². The van der Waals surface area contributed by atoms with Crippen LogP contribution in [0.5, 0.6) is 0 Å². The quantitative estimate of drug-likeness (QED) is 0.544. The summed E-state index contributed by atoms with van der Waals surface area (Å²) in [5.41, 5.74) is 1.71. The summed E-state index contributed by atoms with van der Waals surface area (Å²) in [6, 6.07) is 16.7. The van der Waals surface area contributed by atoms with Crippen molar-refractivity contribution in [2.45, 2.75) is 62.5 Å². The largest absolute Gasteiger partial charge is 0.376 e. The second-order valence-electron chi connectivity index (χ2n) is 9.57. The number of hydrogen-bond acceptors (Lipinski definition) is 4. The molecule has 1 amide bonds. The maximum atomic E-state index is 13.0. The average Bonchev–Trinajstić information content (AvgIpc) is 2.89. The summed E-state index contributed by atoms with van der Waals surface area (Å²) in [5, 5.41) is 0. The Morgan fingerprint density at radius 3 is 2.24 bits per heavy atom. The lowest BCUT2D eigenvalue weighted by Gasteiger charge is -2.32. The second-order valence-corrected chi connectivity index (χ2v) is 11.6. The summed E-state index contributed by atoms with van der Waals surface area (Å²) >= 11 is 0. The minimum Gasteiger partial charge on any atom is -0.376 e. The molecule has 2 aromatic rings. The summed E-state index contributed by atoms with van der Waals surface area (Å²) in [6.07, 6.45) is 7.00. The Balaban J connectivity index is 1.27. The van der Waals surface area contributed by atoms with E-state index in [2.05, 4.69) is 12.1 Å². The molecule has 0 aromatic heterocycles. The molecule has 1 saturated carbocycles. The molecule has 2 aliphatic rings. The van der Waals surface area contributed by atoms with Gasteiger partial charge in [0.05, 0.1) is 11.5 Å². The van der Waals surface area contributed by atoms with Crippen LogP contribution in [-0.2, 0) is 21.4 Å². The Kier molecular flexibility index (Phi) is 8.40. The van der Waals surface area contributed by atoms with Gasteiger partial charge >= 0.3 is 0 Å². The smallest absolute Gasteiger partial charge is 0.253 e.